The molecule has 8 nitrogen and oxygen atoms in total. The Hall–Kier alpha value is -3.20. The van der Waals surface area contributed by atoms with E-state index in [1.807, 2.05) is 37.3 Å². The van der Waals surface area contributed by atoms with Crippen LogP contribution in [0.4, 0.5) is 0 Å². The maximum absolute atomic E-state index is 13.4. The van der Waals surface area contributed by atoms with Crippen LogP contribution in [0.1, 0.15) is 42.6 Å². The summed E-state index contributed by atoms with van der Waals surface area (Å²) in [5.41, 5.74) is 0.837. The lowest BCUT2D eigenvalue weighted by atomic mass is 10.1. The first kappa shape index (κ1) is 23.5. The van der Waals surface area contributed by atoms with Crippen molar-refractivity contribution in [3.05, 3.63) is 65.7 Å². The lowest BCUT2D eigenvalue weighted by Crippen LogP contribution is -2.52. The molecule has 0 aromatic heterocycles. The molecule has 1 aliphatic heterocycles. The van der Waals surface area contributed by atoms with E-state index < -0.39 is 34.4 Å². The van der Waals surface area contributed by atoms with Gasteiger partial charge in [-0.3, -0.25) is 14.4 Å². The van der Waals surface area contributed by atoms with E-state index >= 15 is 0 Å². The summed E-state index contributed by atoms with van der Waals surface area (Å²) in [6, 6.07) is 14.2. The predicted octanol–water partition coefficient (Wildman–Crippen LogP) is 2.16. The van der Waals surface area contributed by atoms with Crippen molar-refractivity contribution in [2.24, 2.45) is 0 Å². The van der Waals surface area contributed by atoms with Crippen molar-refractivity contribution in [1.82, 2.24) is 14.5 Å². The zero-order valence-electron chi connectivity index (χ0n) is 18.2. The molecule has 32 heavy (non-hydrogen) atoms. The zero-order chi connectivity index (χ0) is 23.3. The Kier molecular flexibility index (Phi) is 7.29. The van der Waals surface area contributed by atoms with Gasteiger partial charge in [-0.2, -0.15) is 0 Å². The third kappa shape index (κ3) is 4.67. The summed E-state index contributed by atoms with van der Waals surface area (Å²) in [4.78, 5) is 40.1. The van der Waals surface area contributed by atoms with Crippen LogP contribution in [0.5, 0.6) is 0 Å². The van der Waals surface area contributed by atoms with Crippen molar-refractivity contribution < 1.29 is 22.8 Å². The summed E-state index contributed by atoms with van der Waals surface area (Å²) in [5, 5.41) is 2.81. The normalized spacial score (nSPS) is 15.2. The quantitative estimate of drug-likeness (QED) is 0.622. The molecule has 1 heterocycles. The highest BCUT2D eigenvalue weighted by atomic mass is 32.2. The van der Waals surface area contributed by atoms with E-state index in [2.05, 4.69) is 5.32 Å². The van der Waals surface area contributed by atoms with Gasteiger partial charge in [-0.05, 0) is 30.5 Å². The average Bonchev–Trinajstić information content (AvgIpc) is 2.99. The number of hydrogen-bond acceptors (Lipinski definition) is 5. The molecular formula is C23H27N3O5S. The minimum atomic E-state index is -4.13. The summed E-state index contributed by atoms with van der Waals surface area (Å²) in [7, 11) is -4.13. The second-order valence-electron chi connectivity index (χ2n) is 7.54. The molecule has 2 aromatic rings. The number of rotatable bonds is 9. The van der Waals surface area contributed by atoms with Crippen LogP contribution in [0.2, 0.25) is 0 Å². The molecule has 0 aliphatic carbocycles. The van der Waals surface area contributed by atoms with Gasteiger partial charge in [0.05, 0.1) is 5.56 Å². The highest BCUT2D eigenvalue weighted by Gasteiger charge is 2.43. The number of benzene rings is 2. The molecule has 170 valence electrons. The largest absolute Gasteiger partial charge is 0.354 e. The van der Waals surface area contributed by atoms with Gasteiger partial charge >= 0.3 is 0 Å². The summed E-state index contributed by atoms with van der Waals surface area (Å²) < 4.78 is 26.4. The van der Waals surface area contributed by atoms with E-state index in [0.717, 1.165) is 12.0 Å². The Morgan fingerprint density at radius 1 is 1.03 bits per heavy atom. The number of carbonyl (C=O) groups excluding carboxylic acids is 3. The molecule has 0 radical (unpaired) electrons. The van der Waals surface area contributed by atoms with E-state index in [4.69, 9.17) is 0 Å². The van der Waals surface area contributed by atoms with Gasteiger partial charge in [0.25, 0.3) is 15.9 Å². The van der Waals surface area contributed by atoms with Crippen LogP contribution >= 0.6 is 0 Å². The third-order valence-electron chi connectivity index (χ3n) is 5.32. The van der Waals surface area contributed by atoms with Gasteiger partial charge in [0.1, 0.15) is 17.5 Å². The van der Waals surface area contributed by atoms with E-state index in [0.29, 0.717) is 17.3 Å². The minimum Gasteiger partial charge on any atom is -0.354 e. The summed E-state index contributed by atoms with van der Waals surface area (Å²) in [6.45, 7) is 3.63. The number of nitrogens with one attached hydrogen (secondary N) is 1. The van der Waals surface area contributed by atoms with Crippen LogP contribution in [0.25, 0.3) is 0 Å². The van der Waals surface area contributed by atoms with Crippen molar-refractivity contribution >= 4 is 27.7 Å². The standard InChI is InChI=1S/C23H27N3O5S/c1-3-14-24-22(28)19(4-2)25(15-17-10-6-5-7-11-17)21(27)16-26-23(29)18-12-8-9-13-20(18)32(26,30)31/h5-13,19H,3-4,14-16H2,1-2H3,(H,24,28)/t19-/m0/s1. The van der Waals surface area contributed by atoms with Crippen LogP contribution < -0.4 is 5.32 Å². The Morgan fingerprint density at radius 3 is 2.31 bits per heavy atom. The SMILES string of the molecule is CCCNC(=O)[C@H](CC)N(Cc1ccccc1)C(=O)CN1C(=O)c2ccccc2S1(=O)=O. The topological polar surface area (TPSA) is 104 Å². The molecule has 1 atom stereocenters. The lowest BCUT2D eigenvalue weighted by Gasteiger charge is -2.31. The molecule has 0 saturated carbocycles. The van der Waals surface area contributed by atoms with Crippen LogP contribution in [0, 0.1) is 0 Å². The maximum Gasteiger partial charge on any atom is 0.269 e. The fourth-order valence-corrected chi connectivity index (χ4v) is 5.18. The molecule has 1 aliphatic rings. The fraction of sp³-hybridized carbons (Fsp3) is 0.348. The third-order valence-corrected chi connectivity index (χ3v) is 7.11. The maximum atomic E-state index is 13.4. The van der Waals surface area contributed by atoms with E-state index in [-0.39, 0.29) is 22.9 Å². The van der Waals surface area contributed by atoms with Gasteiger partial charge in [0.2, 0.25) is 11.8 Å². The number of nitrogens with zero attached hydrogens (tertiary/aromatic N) is 2. The lowest BCUT2D eigenvalue weighted by molar-refractivity contribution is -0.141. The first-order valence-electron chi connectivity index (χ1n) is 10.6. The van der Waals surface area contributed by atoms with Crippen LogP contribution in [0.3, 0.4) is 0 Å². The Labute approximate surface area is 188 Å². The summed E-state index contributed by atoms with van der Waals surface area (Å²) in [5.74, 6) is -1.66. The van der Waals surface area contributed by atoms with Crippen LogP contribution in [0.15, 0.2) is 59.5 Å². The molecule has 0 fully saturated rings. The first-order chi connectivity index (χ1) is 15.3. The monoisotopic (exact) mass is 457 g/mol. The van der Waals surface area contributed by atoms with Gasteiger partial charge in [-0.1, -0.05) is 56.3 Å². The highest BCUT2D eigenvalue weighted by molar-refractivity contribution is 7.90. The number of sulfonamides is 1. The molecule has 2 aromatic carbocycles. The zero-order valence-corrected chi connectivity index (χ0v) is 19.0. The van der Waals surface area contributed by atoms with E-state index in [1.54, 1.807) is 13.0 Å². The molecule has 1 N–H and O–H groups in total. The number of hydrogen-bond donors (Lipinski definition) is 1. The minimum absolute atomic E-state index is 0.0441. The Balaban J connectivity index is 1.90. The number of fused-ring (bicyclic) bond motifs is 1. The van der Waals surface area contributed by atoms with Gasteiger partial charge in [0.15, 0.2) is 0 Å². The number of amides is 3. The van der Waals surface area contributed by atoms with Crippen molar-refractivity contribution in [3.63, 3.8) is 0 Å². The van der Waals surface area contributed by atoms with Crippen LogP contribution in [-0.2, 0) is 26.2 Å². The molecule has 9 heteroatoms. The molecular weight excluding hydrogens is 430 g/mol. The summed E-state index contributed by atoms with van der Waals surface area (Å²) in [6.07, 6.45) is 1.09. The van der Waals surface area contributed by atoms with Crippen molar-refractivity contribution in [1.29, 1.82) is 0 Å². The first-order valence-corrected chi connectivity index (χ1v) is 12.0. The fourth-order valence-electron chi connectivity index (χ4n) is 3.67. The predicted molar refractivity (Wildman–Crippen MR) is 119 cm³/mol. The second-order valence-corrected chi connectivity index (χ2v) is 9.37. The highest BCUT2D eigenvalue weighted by Crippen LogP contribution is 2.30. The molecule has 0 unspecified atom stereocenters. The Bertz CT molecular complexity index is 1100. The summed E-state index contributed by atoms with van der Waals surface area (Å²) >= 11 is 0. The van der Waals surface area contributed by atoms with Crippen molar-refractivity contribution in [2.75, 3.05) is 13.1 Å². The van der Waals surface area contributed by atoms with E-state index in [9.17, 15) is 22.8 Å². The van der Waals surface area contributed by atoms with Crippen LogP contribution in [-0.4, -0.2) is 54.5 Å². The van der Waals surface area contributed by atoms with Gasteiger partial charge in [0, 0.05) is 13.1 Å². The molecule has 0 spiro atoms. The van der Waals surface area contributed by atoms with Crippen molar-refractivity contribution in [3.8, 4) is 0 Å². The smallest absolute Gasteiger partial charge is 0.269 e. The molecule has 3 amide bonds. The van der Waals surface area contributed by atoms with Gasteiger partial charge in [-0.15, -0.1) is 0 Å². The van der Waals surface area contributed by atoms with Crippen molar-refractivity contribution in [2.45, 2.75) is 44.2 Å². The molecule has 3 rings (SSSR count). The second kappa shape index (κ2) is 9.95. The van der Waals surface area contributed by atoms with Gasteiger partial charge in [-0.25, -0.2) is 12.7 Å². The Morgan fingerprint density at radius 2 is 1.69 bits per heavy atom. The molecule has 0 bridgehead atoms. The van der Waals surface area contributed by atoms with Gasteiger partial charge < -0.3 is 10.2 Å². The van der Waals surface area contributed by atoms with E-state index in [1.165, 1.54) is 23.1 Å². The number of carbonyl (C=O) groups is 3. The average molecular weight is 458 g/mol. The molecule has 0 saturated heterocycles.